The molecule has 0 spiro atoms. The summed E-state index contributed by atoms with van der Waals surface area (Å²) in [7, 11) is 0. The van der Waals surface area contributed by atoms with Crippen LogP contribution in [0.3, 0.4) is 0 Å². The largest absolute Gasteiger partial charge is 0.369 e. The molecule has 0 heterocycles. The summed E-state index contributed by atoms with van der Waals surface area (Å²) >= 11 is 3.20. The molecule has 0 fully saturated rings. The van der Waals surface area contributed by atoms with Gasteiger partial charge in [-0.3, -0.25) is 5.41 Å². The van der Waals surface area contributed by atoms with Gasteiger partial charge in [-0.1, -0.05) is 15.9 Å². The first-order valence-corrected chi connectivity index (χ1v) is 4.47. The van der Waals surface area contributed by atoms with Gasteiger partial charge in [-0.05, 0) is 18.2 Å². The number of nitrogens with zero attached hydrogens (tertiary/aromatic N) is 1. The second-order valence-electron chi connectivity index (χ2n) is 2.45. The van der Waals surface area contributed by atoms with E-state index in [1.165, 1.54) is 12.3 Å². The number of guanidine groups is 1. The van der Waals surface area contributed by atoms with Crippen molar-refractivity contribution in [3.63, 3.8) is 0 Å². The smallest absolute Gasteiger partial charge is 0.206 e. The molecule has 0 saturated heterocycles. The molecule has 0 unspecified atom stereocenters. The maximum Gasteiger partial charge on any atom is 0.206 e. The lowest BCUT2D eigenvalue weighted by atomic mass is 10.2. The van der Waals surface area contributed by atoms with Gasteiger partial charge in [0.25, 0.3) is 0 Å². The molecular formula is C8H8BrFN4. The Labute approximate surface area is 88.6 Å². The molecule has 1 aromatic rings. The van der Waals surface area contributed by atoms with E-state index < -0.39 is 0 Å². The highest BCUT2D eigenvalue weighted by Gasteiger charge is 1.98. The van der Waals surface area contributed by atoms with Crippen LogP contribution < -0.4 is 11.2 Å². The molecule has 0 saturated carbocycles. The van der Waals surface area contributed by atoms with E-state index in [2.05, 4.69) is 26.5 Å². The van der Waals surface area contributed by atoms with Gasteiger partial charge in [-0.2, -0.15) is 5.10 Å². The van der Waals surface area contributed by atoms with Crippen LogP contribution in [-0.4, -0.2) is 12.2 Å². The molecule has 0 aromatic heterocycles. The maximum absolute atomic E-state index is 13.1. The lowest BCUT2D eigenvalue weighted by Crippen LogP contribution is -2.25. The fourth-order valence-electron chi connectivity index (χ4n) is 0.785. The van der Waals surface area contributed by atoms with E-state index in [-0.39, 0.29) is 11.8 Å². The Morgan fingerprint density at radius 1 is 1.64 bits per heavy atom. The van der Waals surface area contributed by atoms with Crippen molar-refractivity contribution in [2.45, 2.75) is 0 Å². The number of nitrogens with two attached hydrogens (primary N) is 1. The van der Waals surface area contributed by atoms with Crippen molar-refractivity contribution >= 4 is 28.1 Å². The molecule has 0 aliphatic heterocycles. The van der Waals surface area contributed by atoms with Gasteiger partial charge >= 0.3 is 0 Å². The minimum absolute atomic E-state index is 0.295. The first-order chi connectivity index (χ1) is 6.59. The Balaban J connectivity index is 2.80. The summed E-state index contributed by atoms with van der Waals surface area (Å²) in [6, 6.07) is 4.48. The molecule has 0 bridgehead atoms. The molecule has 14 heavy (non-hydrogen) atoms. The average molecular weight is 259 g/mol. The van der Waals surface area contributed by atoms with Crippen molar-refractivity contribution in [3.8, 4) is 0 Å². The molecule has 0 aliphatic rings. The van der Waals surface area contributed by atoms with Crippen molar-refractivity contribution < 1.29 is 4.39 Å². The van der Waals surface area contributed by atoms with Gasteiger partial charge in [-0.25, -0.2) is 9.82 Å². The van der Waals surface area contributed by atoms with Crippen molar-refractivity contribution in [3.05, 3.63) is 34.1 Å². The number of nitrogens with one attached hydrogen (secondary N) is 2. The fourth-order valence-corrected chi connectivity index (χ4v) is 1.16. The molecule has 0 atom stereocenters. The molecular weight excluding hydrogens is 251 g/mol. The van der Waals surface area contributed by atoms with E-state index in [1.807, 2.05) is 0 Å². The zero-order valence-electron chi connectivity index (χ0n) is 7.09. The number of hydrogen-bond donors (Lipinski definition) is 3. The molecule has 1 aromatic carbocycles. The zero-order chi connectivity index (χ0) is 10.6. The van der Waals surface area contributed by atoms with E-state index >= 15 is 0 Å². The average Bonchev–Trinajstić information content (AvgIpc) is 2.10. The maximum atomic E-state index is 13.1. The van der Waals surface area contributed by atoms with Crippen molar-refractivity contribution in [2.75, 3.05) is 0 Å². The Hall–Kier alpha value is -1.43. The van der Waals surface area contributed by atoms with Crippen LogP contribution in [-0.2, 0) is 0 Å². The van der Waals surface area contributed by atoms with Crippen LogP contribution in [0.15, 0.2) is 27.8 Å². The minimum Gasteiger partial charge on any atom is -0.369 e. The van der Waals surface area contributed by atoms with Gasteiger partial charge in [-0.15, -0.1) is 0 Å². The lowest BCUT2D eigenvalue weighted by molar-refractivity contribution is 0.625. The summed E-state index contributed by atoms with van der Waals surface area (Å²) in [6.45, 7) is 0. The van der Waals surface area contributed by atoms with Gasteiger partial charge in [0, 0.05) is 10.0 Å². The predicted octanol–water partition coefficient (Wildman–Crippen LogP) is 1.41. The second-order valence-corrected chi connectivity index (χ2v) is 3.37. The number of hydrazone groups is 1. The molecule has 0 amide bonds. The Morgan fingerprint density at radius 3 is 3.00 bits per heavy atom. The second kappa shape index (κ2) is 4.71. The Morgan fingerprint density at radius 2 is 2.36 bits per heavy atom. The number of benzene rings is 1. The van der Waals surface area contributed by atoms with E-state index in [9.17, 15) is 4.39 Å². The normalized spacial score (nSPS) is 10.4. The van der Waals surface area contributed by atoms with Crippen molar-refractivity contribution in [2.24, 2.45) is 10.8 Å². The third-order valence-corrected chi connectivity index (χ3v) is 1.84. The van der Waals surface area contributed by atoms with E-state index in [1.54, 1.807) is 12.1 Å². The molecule has 0 aliphatic carbocycles. The predicted molar refractivity (Wildman–Crippen MR) is 56.7 cm³/mol. The summed E-state index contributed by atoms with van der Waals surface area (Å²) in [5, 5.41) is 10.4. The van der Waals surface area contributed by atoms with Gasteiger partial charge in [0.15, 0.2) is 0 Å². The standard InChI is InChI=1S/C8H8BrFN4/c9-6-1-2-7(10)5(3-6)4-13-14-8(11)12/h1-4H,(H4,11,12,14)/b13-4+. The van der Waals surface area contributed by atoms with Crippen LogP contribution in [0.1, 0.15) is 5.56 Å². The lowest BCUT2D eigenvalue weighted by Gasteiger charge is -1.97. The topological polar surface area (TPSA) is 74.3 Å². The molecule has 74 valence electrons. The van der Waals surface area contributed by atoms with Gasteiger partial charge < -0.3 is 5.73 Å². The summed E-state index contributed by atoms with van der Waals surface area (Å²) < 4.78 is 13.8. The summed E-state index contributed by atoms with van der Waals surface area (Å²) in [5.74, 6) is -0.682. The van der Waals surface area contributed by atoms with Crippen LogP contribution in [0.4, 0.5) is 4.39 Å². The van der Waals surface area contributed by atoms with Crippen LogP contribution >= 0.6 is 15.9 Å². The fraction of sp³-hybridized carbons (Fsp3) is 0. The van der Waals surface area contributed by atoms with Gasteiger partial charge in [0.1, 0.15) is 5.82 Å². The number of hydrogen-bond acceptors (Lipinski definition) is 2. The van der Waals surface area contributed by atoms with Gasteiger partial charge in [0.05, 0.1) is 6.21 Å². The Kier molecular flexibility index (Phi) is 3.58. The van der Waals surface area contributed by atoms with E-state index in [0.717, 1.165) is 4.47 Å². The van der Waals surface area contributed by atoms with Crippen LogP contribution in [0, 0.1) is 11.2 Å². The van der Waals surface area contributed by atoms with Crippen molar-refractivity contribution in [1.29, 1.82) is 5.41 Å². The van der Waals surface area contributed by atoms with E-state index in [0.29, 0.717) is 5.56 Å². The summed E-state index contributed by atoms with van der Waals surface area (Å²) in [4.78, 5) is 0. The number of rotatable bonds is 2. The molecule has 6 heteroatoms. The molecule has 4 nitrogen and oxygen atoms in total. The molecule has 0 radical (unpaired) electrons. The SMILES string of the molecule is N=C(N)N/N=C/c1cc(Br)ccc1F. The summed E-state index contributed by atoms with van der Waals surface area (Å²) in [5.41, 5.74) is 7.48. The third kappa shape index (κ3) is 3.14. The van der Waals surface area contributed by atoms with Crippen LogP contribution in [0.5, 0.6) is 0 Å². The van der Waals surface area contributed by atoms with Crippen molar-refractivity contribution in [1.82, 2.24) is 5.43 Å². The minimum atomic E-state index is -0.387. The number of halogens is 2. The molecule has 1 rings (SSSR count). The zero-order valence-corrected chi connectivity index (χ0v) is 8.68. The quantitative estimate of drug-likeness (QED) is 0.426. The highest BCUT2D eigenvalue weighted by atomic mass is 79.9. The first-order valence-electron chi connectivity index (χ1n) is 3.68. The van der Waals surface area contributed by atoms with E-state index in [4.69, 9.17) is 11.1 Å². The highest BCUT2D eigenvalue weighted by Crippen LogP contribution is 2.13. The molecule has 4 N–H and O–H groups in total. The highest BCUT2D eigenvalue weighted by molar-refractivity contribution is 9.10. The van der Waals surface area contributed by atoms with Crippen LogP contribution in [0.2, 0.25) is 0 Å². The summed E-state index contributed by atoms with van der Waals surface area (Å²) in [6.07, 6.45) is 1.25. The van der Waals surface area contributed by atoms with Gasteiger partial charge in [0.2, 0.25) is 5.96 Å². The van der Waals surface area contributed by atoms with Crippen LogP contribution in [0.25, 0.3) is 0 Å². The third-order valence-electron chi connectivity index (χ3n) is 1.35. The first kappa shape index (κ1) is 10.6. The monoisotopic (exact) mass is 258 g/mol. The Bertz CT molecular complexity index is 378.